The summed E-state index contributed by atoms with van der Waals surface area (Å²) in [6.45, 7) is 7.99. The van der Waals surface area contributed by atoms with Crippen LogP contribution < -0.4 is 9.47 Å². The van der Waals surface area contributed by atoms with Crippen LogP contribution in [0.2, 0.25) is 0 Å². The van der Waals surface area contributed by atoms with Crippen LogP contribution in [0.25, 0.3) is 0 Å². The van der Waals surface area contributed by atoms with Crippen LogP contribution in [-0.2, 0) is 0 Å². The van der Waals surface area contributed by atoms with Gasteiger partial charge >= 0.3 is 0 Å². The molecule has 0 saturated carbocycles. The molecule has 0 fully saturated rings. The van der Waals surface area contributed by atoms with Gasteiger partial charge < -0.3 is 9.47 Å². The van der Waals surface area contributed by atoms with Crippen LogP contribution in [0.4, 0.5) is 0 Å². The Hall–Kier alpha value is -0.450. The highest BCUT2D eigenvalue weighted by atomic mass is 127. The quantitative estimate of drug-likeness (QED) is 0.789. The largest absolute Gasteiger partial charge is 0.490 e. The van der Waals surface area contributed by atoms with E-state index in [0.717, 1.165) is 15.1 Å². The van der Waals surface area contributed by atoms with E-state index < -0.39 is 0 Å². The molecule has 0 spiro atoms. The molecular formula is C12H16IO2. The van der Waals surface area contributed by atoms with Gasteiger partial charge in [0.1, 0.15) is 11.5 Å². The third-order valence-corrected chi connectivity index (χ3v) is 2.40. The molecule has 1 aromatic carbocycles. The Morgan fingerprint density at radius 2 is 1.67 bits per heavy atom. The number of hydrogen-bond acceptors (Lipinski definition) is 2. The van der Waals surface area contributed by atoms with Gasteiger partial charge in [-0.05, 0) is 62.4 Å². The standard InChI is InChI=1S/C12H16IO2/c1-8(2)14-10-5-6-11(13)12(7-10)15-9(3)4/h5-6,8-9H,1-4H3. The predicted molar refractivity (Wildman–Crippen MR) is 69.5 cm³/mol. The number of hydrogen-bond donors (Lipinski definition) is 0. The minimum Gasteiger partial charge on any atom is -0.490 e. The lowest BCUT2D eigenvalue weighted by Crippen LogP contribution is -2.09. The van der Waals surface area contributed by atoms with Gasteiger partial charge in [0.2, 0.25) is 0 Å². The molecule has 0 bridgehead atoms. The van der Waals surface area contributed by atoms with Crippen molar-refractivity contribution < 1.29 is 9.47 Å². The summed E-state index contributed by atoms with van der Waals surface area (Å²) in [6, 6.07) is 7.01. The summed E-state index contributed by atoms with van der Waals surface area (Å²) in [5.74, 6) is 1.50. The molecule has 0 atom stereocenters. The van der Waals surface area contributed by atoms with Gasteiger partial charge in [-0.2, -0.15) is 0 Å². The Morgan fingerprint density at radius 1 is 1.07 bits per heavy atom. The summed E-state index contributed by atoms with van der Waals surface area (Å²) < 4.78 is 12.2. The zero-order chi connectivity index (χ0) is 11.4. The minimum atomic E-state index is 0.157. The molecule has 15 heavy (non-hydrogen) atoms. The zero-order valence-corrected chi connectivity index (χ0v) is 11.7. The normalized spacial score (nSPS) is 10.9. The third kappa shape index (κ3) is 4.28. The first-order valence-electron chi connectivity index (χ1n) is 5.04. The molecule has 0 aliphatic rings. The monoisotopic (exact) mass is 319 g/mol. The molecule has 0 heterocycles. The van der Waals surface area contributed by atoms with Crippen LogP contribution in [0.3, 0.4) is 0 Å². The fourth-order valence-electron chi connectivity index (χ4n) is 1.08. The van der Waals surface area contributed by atoms with Crippen molar-refractivity contribution >= 4 is 22.6 Å². The molecule has 83 valence electrons. The van der Waals surface area contributed by atoms with Gasteiger partial charge in [0.15, 0.2) is 0 Å². The molecule has 2 nitrogen and oxygen atoms in total. The lowest BCUT2D eigenvalue weighted by atomic mass is 10.3. The van der Waals surface area contributed by atoms with Crippen molar-refractivity contribution in [3.05, 3.63) is 21.8 Å². The molecule has 0 N–H and O–H groups in total. The Balaban J connectivity index is 2.85. The summed E-state index contributed by atoms with van der Waals surface area (Å²) in [4.78, 5) is 0. The predicted octanol–water partition coefficient (Wildman–Crippen LogP) is 3.67. The average molecular weight is 319 g/mol. The lowest BCUT2D eigenvalue weighted by Gasteiger charge is -2.14. The average Bonchev–Trinajstić information content (AvgIpc) is 2.09. The van der Waals surface area contributed by atoms with Crippen molar-refractivity contribution in [2.24, 2.45) is 0 Å². The summed E-state index contributed by atoms with van der Waals surface area (Å²) in [6.07, 6.45) is 0.317. The molecule has 0 unspecified atom stereocenters. The fourth-order valence-corrected chi connectivity index (χ4v) is 1.52. The lowest BCUT2D eigenvalue weighted by molar-refractivity contribution is 0.227. The van der Waals surface area contributed by atoms with E-state index in [1.54, 1.807) is 0 Å². The van der Waals surface area contributed by atoms with Crippen LogP contribution in [0.5, 0.6) is 11.5 Å². The van der Waals surface area contributed by atoms with Crippen molar-refractivity contribution in [2.45, 2.75) is 39.9 Å². The third-order valence-electron chi connectivity index (χ3n) is 1.55. The molecule has 0 saturated heterocycles. The SMILES string of the molecule is CC(C)Oc1[c]c(OC(C)C)c(I)cc1. The van der Waals surface area contributed by atoms with E-state index in [9.17, 15) is 0 Å². The second-order valence-electron chi connectivity index (χ2n) is 3.83. The van der Waals surface area contributed by atoms with E-state index in [0.29, 0.717) is 0 Å². The topological polar surface area (TPSA) is 18.5 Å². The van der Waals surface area contributed by atoms with Gasteiger partial charge in [0.05, 0.1) is 21.8 Å². The Bertz CT molecular complexity index is 321. The van der Waals surface area contributed by atoms with Crippen molar-refractivity contribution in [3.63, 3.8) is 0 Å². The van der Waals surface area contributed by atoms with Crippen molar-refractivity contribution in [3.8, 4) is 11.5 Å². The first kappa shape index (κ1) is 12.6. The first-order valence-corrected chi connectivity index (χ1v) is 6.12. The number of rotatable bonds is 4. The van der Waals surface area contributed by atoms with Gasteiger partial charge in [-0.15, -0.1) is 0 Å². The summed E-state index contributed by atoms with van der Waals surface area (Å²) in [5.41, 5.74) is 0. The van der Waals surface area contributed by atoms with Crippen LogP contribution in [0.1, 0.15) is 27.7 Å². The maximum Gasteiger partial charge on any atom is 0.144 e. The fraction of sp³-hybridized carbons (Fsp3) is 0.500. The maximum atomic E-state index is 5.62. The number of ether oxygens (including phenoxy) is 2. The molecule has 1 radical (unpaired) electrons. The second kappa shape index (κ2) is 5.58. The summed E-state index contributed by atoms with van der Waals surface area (Å²) in [7, 11) is 0. The molecule has 3 heteroatoms. The van der Waals surface area contributed by atoms with E-state index in [-0.39, 0.29) is 12.2 Å². The van der Waals surface area contributed by atoms with E-state index in [1.165, 1.54) is 0 Å². The molecular weight excluding hydrogens is 303 g/mol. The maximum absolute atomic E-state index is 5.62. The van der Waals surface area contributed by atoms with Crippen LogP contribution in [-0.4, -0.2) is 12.2 Å². The molecule has 0 aliphatic carbocycles. The molecule has 0 aromatic heterocycles. The van der Waals surface area contributed by atoms with Crippen LogP contribution >= 0.6 is 22.6 Å². The zero-order valence-electron chi connectivity index (χ0n) is 9.50. The highest BCUT2D eigenvalue weighted by Crippen LogP contribution is 2.26. The van der Waals surface area contributed by atoms with Crippen LogP contribution in [0.15, 0.2) is 12.1 Å². The molecule has 1 rings (SSSR count). The van der Waals surface area contributed by atoms with Gasteiger partial charge in [0, 0.05) is 0 Å². The minimum absolute atomic E-state index is 0.157. The van der Waals surface area contributed by atoms with E-state index >= 15 is 0 Å². The Morgan fingerprint density at radius 3 is 2.20 bits per heavy atom. The highest BCUT2D eigenvalue weighted by molar-refractivity contribution is 14.1. The van der Waals surface area contributed by atoms with Gasteiger partial charge in [0.25, 0.3) is 0 Å². The molecule has 1 aromatic rings. The van der Waals surface area contributed by atoms with E-state index in [1.807, 2.05) is 39.8 Å². The Labute approximate surface area is 105 Å². The highest BCUT2D eigenvalue weighted by Gasteiger charge is 2.07. The molecule has 0 amide bonds. The summed E-state index contributed by atoms with van der Waals surface area (Å²) >= 11 is 2.23. The smallest absolute Gasteiger partial charge is 0.144 e. The molecule has 0 aliphatic heterocycles. The van der Waals surface area contributed by atoms with E-state index in [4.69, 9.17) is 9.47 Å². The second-order valence-corrected chi connectivity index (χ2v) is 5.00. The van der Waals surface area contributed by atoms with Gasteiger partial charge in [-0.1, -0.05) is 0 Å². The summed E-state index contributed by atoms with van der Waals surface area (Å²) in [5, 5.41) is 0. The Kier molecular flexibility index (Phi) is 4.70. The van der Waals surface area contributed by atoms with Gasteiger partial charge in [-0.25, -0.2) is 0 Å². The number of halogens is 1. The van der Waals surface area contributed by atoms with E-state index in [2.05, 4.69) is 28.7 Å². The van der Waals surface area contributed by atoms with Crippen LogP contribution in [0, 0.1) is 9.64 Å². The van der Waals surface area contributed by atoms with Crippen molar-refractivity contribution in [1.82, 2.24) is 0 Å². The van der Waals surface area contributed by atoms with Gasteiger partial charge in [-0.3, -0.25) is 0 Å². The first-order chi connectivity index (χ1) is 6.99. The number of benzene rings is 1. The van der Waals surface area contributed by atoms with Crippen molar-refractivity contribution in [2.75, 3.05) is 0 Å². The van der Waals surface area contributed by atoms with Crippen molar-refractivity contribution in [1.29, 1.82) is 0 Å².